The van der Waals surface area contributed by atoms with Crippen molar-refractivity contribution in [2.24, 2.45) is 0 Å². The van der Waals surface area contributed by atoms with Crippen molar-refractivity contribution in [3.63, 3.8) is 0 Å². The largest absolute Gasteiger partial charge is 0.358 e. The number of nitrogens with zero attached hydrogens (tertiary/aromatic N) is 3. The summed E-state index contributed by atoms with van der Waals surface area (Å²) in [6, 6.07) is 2.04. The van der Waals surface area contributed by atoms with Crippen LogP contribution in [0.3, 0.4) is 0 Å². The Labute approximate surface area is 93.7 Å². The second kappa shape index (κ2) is 5.29. The number of aryl methyl sites for hydroxylation is 1. The Morgan fingerprint density at radius 1 is 1.50 bits per heavy atom. The molecule has 0 aromatic carbocycles. The van der Waals surface area contributed by atoms with Crippen molar-refractivity contribution >= 4 is 21.7 Å². The number of aromatic nitrogens is 2. The van der Waals surface area contributed by atoms with E-state index in [9.17, 15) is 0 Å². The average Bonchev–Trinajstić information content (AvgIpc) is 2.17. The highest BCUT2D eigenvalue weighted by molar-refractivity contribution is 9.09. The van der Waals surface area contributed by atoms with Crippen molar-refractivity contribution in [3.05, 3.63) is 18.1 Å². The number of alkyl halides is 1. The van der Waals surface area contributed by atoms with Crippen molar-refractivity contribution in [3.8, 4) is 0 Å². The first-order chi connectivity index (χ1) is 6.63. The van der Waals surface area contributed by atoms with Gasteiger partial charge in [0.05, 0.1) is 0 Å². The summed E-state index contributed by atoms with van der Waals surface area (Å²) in [5.41, 5.74) is 1.09. The molecule has 14 heavy (non-hydrogen) atoms. The molecule has 0 spiro atoms. The molecule has 1 rings (SSSR count). The lowest BCUT2D eigenvalue weighted by Gasteiger charge is -2.19. The molecule has 4 heteroatoms. The first-order valence-corrected chi connectivity index (χ1v) is 5.71. The van der Waals surface area contributed by atoms with E-state index in [0.29, 0.717) is 4.83 Å². The Hall–Kier alpha value is -0.640. The summed E-state index contributed by atoms with van der Waals surface area (Å²) in [5, 5.41) is 0. The van der Waals surface area contributed by atoms with Gasteiger partial charge in [-0.1, -0.05) is 29.8 Å². The molecular weight excluding hydrogens is 242 g/mol. The Kier molecular flexibility index (Phi) is 4.32. The van der Waals surface area contributed by atoms with Gasteiger partial charge in [0.1, 0.15) is 12.1 Å². The highest BCUT2D eigenvalue weighted by Crippen LogP contribution is 2.11. The maximum atomic E-state index is 4.23. The third-order valence-electron chi connectivity index (χ3n) is 1.99. The minimum absolute atomic E-state index is 0.465. The van der Waals surface area contributed by atoms with E-state index in [1.807, 2.05) is 13.1 Å². The fourth-order valence-electron chi connectivity index (χ4n) is 1.26. The van der Waals surface area contributed by atoms with Crippen LogP contribution in [0.5, 0.6) is 0 Å². The van der Waals surface area contributed by atoms with Crippen LogP contribution in [0.2, 0.25) is 0 Å². The molecule has 0 N–H and O–H groups in total. The number of anilines is 1. The Morgan fingerprint density at radius 3 is 2.79 bits per heavy atom. The maximum Gasteiger partial charge on any atom is 0.131 e. The molecule has 0 bridgehead atoms. The number of halogens is 1. The molecule has 1 unspecified atom stereocenters. The zero-order chi connectivity index (χ0) is 10.6. The molecule has 0 fully saturated rings. The van der Waals surface area contributed by atoms with E-state index in [1.54, 1.807) is 6.33 Å². The molecule has 3 nitrogen and oxygen atoms in total. The second-order valence-corrected chi connectivity index (χ2v) is 4.95. The molecule has 0 aliphatic carbocycles. The predicted molar refractivity (Wildman–Crippen MR) is 63.1 cm³/mol. The van der Waals surface area contributed by atoms with Gasteiger partial charge < -0.3 is 4.90 Å². The highest BCUT2D eigenvalue weighted by atomic mass is 79.9. The van der Waals surface area contributed by atoms with E-state index >= 15 is 0 Å². The molecule has 1 heterocycles. The number of hydrogen-bond acceptors (Lipinski definition) is 3. The zero-order valence-electron chi connectivity index (χ0n) is 8.87. The topological polar surface area (TPSA) is 29.0 Å². The lowest BCUT2D eigenvalue weighted by atomic mass is 10.3. The molecule has 0 aliphatic heterocycles. The van der Waals surface area contributed by atoms with E-state index in [4.69, 9.17) is 0 Å². The van der Waals surface area contributed by atoms with Crippen molar-refractivity contribution in [1.29, 1.82) is 0 Å². The highest BCUT2D eigenvalue weighted by Gasteiger charge is 2.05. The molecule has 0 saturated heterocycles. The van der Waals surface area contributed by atoms with Gasteiger partial charge in [-0.25, -0.2) is 9.97 Å². The van der Waals surface area contributed by atoms with Gasteiger partial charge in [-0.05, 0) is 6.42 Å². The standard InChI is InChI=1S/C10H16BrN3/c1-4-9-5-10(13-7-12-9)14(3)6-8(2)11/h5,7-8H,4,6H2,1-3H3. The first-order valence-electron chi connectivity index (χ1n) is 4.79. The van der Waals surface area contributed by atoms with E-state index in [2.05, 4.69) is 44.6 Å². The van der Waals surface area contributed by atoms with Gasteiger partial charge in [-0.2, -0.15) is 0 Å². The van der Waals surface area contributed by atoms with Crippen LogP contribution in [0, 0.1) is 0 Å². The predicted octanol–water partition coefficient (Wildman–Crippen LogP) is 2.26. The Morgan fingerprint density at radius 2 is 2.21 bits per heavy atom. The minimum Gasteiger partial charge on any atom is -0.358 e. The summed E-state index contributed by atoms with van der Waals surface area (Å²) in [4.78, 5) is 11.0. The molecule has 0 radical (unpaired) electrons. The summed E-state index contributed by atoms with van der Waals surface area (Å²) >= 11 is 3.52. The quantitative estimate of drug-likeness (QED) is 0.776. The van der Waals surface area contributed by atoms with Crippen molar-refractivity contribution in [1.82, 2.24) is 9.97 Å². The average molecular weight is 258 g/mol. The summed E-state index contributed by atoms with van der Waals surface area (Å²) in [7, 11) is 2.04. The molecule has 0 aliphatic rings. The summed E-state index contributed by atoms with van der Waals surface area (Å²) < 4.78 is 0. The smallest absolute Gasteiger partial charge is 0.131 e. The van der Waals surface area contributed by atoms with E-state index < -0.39 is 0 Å². The molecule has 1 aromatic heterocycles. The monoisotopic (exact) mass is 257 g/mol. The van der Waals surface area contributed by atoms with Crippen molar-refractivity contribution in [2.75, 3.05) is 18.5 Å². The lowest BCUT2D eigenvalue weighted by molar-refractivity contribution is 0.849. The number of hydrogen-bond donors (Lipinski definition) is 0. The van der Waals surface area contributed by atoms with Gasteiger partial charge in [0.2, 0.25) is 0 Å². The van der Waals surface area contributed by atoms with Crippen LogP contribution in [0.4, 0.5) is 5.82 Å². The van der Waals surface area contributed by atoms with Crippen LogP contribution in [0.1, 0.15) is 19.5 Å². The minimum atomic E-state index is 0.465. The Bertz CT molecular complexity index is 288. The molecule has 0 amide bonds. The van der Waals surface area contributed by atoms with Gasteiger partial charge >= 0.3 is 0 Å². The zero-order valence-corrected chi connectivity index (χ0v) is 10.5. The third kappa shape index (κ3) is 3.25. The van der Waals surface area contributed by atoms with Gasteiger partial charge in [0.25, 0.3) is 0 Å². The molecule has 0 saturated carbocycles. The molecule has 1 atom stereocenters. The van der Waals surface area contributed by atoms with Crippen LogP contribution in [-0.4, -0.2) is 28.4 Å². The summed E-state index contributed by atoms with van der Waals surface area (Å²) in [6.07, 6.45) is 2.58. The SMILES string of the molecule is CCc1cc(N(C)CC(C)Br)ncn1. The normalized spacial score (nSPS) is 12.6. The van der Waals surface area contributed by atoms with E-state index in [-0.39, 0.29) is 0 Å². The third-order valence-corrected chi connectivity index (χ3v) is 2.28. The summed E-state index contributed by atoms with van der Waals surface area (Å²) in [5.74, 6) is 0.989. The maximum absolute atomic E-state index is 4.23. The van der Waals surface area contributed by atoms with Crippen LogP contribution in [0.25, 0.3) is 0 Å². The lowest BCUT2D eigenvalue weighted by Crippen LogP contribution is -2.24. The van der Waals surface area contributed by atoms with Gasteiger partial charge in [0.15, 0.2) is 0 Å². The van der Waals surface area contributed by atoms with Crippen molar-refractivity contribution < 1.29 is 0 Å². The van der Waals surface area contributed by atoms with Gasteiger partial charge in [0, 0.05) is 30.2 Å². The van der Waals surface area contributed by atoms with Gasteiger partial charge in [-0.15, -0.1) is 0 Å². The van der Waals surface area contributed by atoms with E-state index in [0.717, 1.165) is 24.5 Å². The van der Waals surface area contributed by atoms with Crippen LogP contribution >= 0.6 is 15.9 Å². The fraction of sp³-hybridized carbons (Fsp3) is 0.600. The molecule has 1 aromatic rings. The van der Waals surface area contributed by atoms with Crippen molar-refractivity contribution in [2.45, 2.75) is 25.1 Å². The van der Waals surface area contributed by atoms with Crippen LogP contribution in [0.15, 0.2) is 12.4 Å². The first kappa shape index (κ1) is 11.4. The Balaban J connectivity index is 2.73. The van der Waals surface area contributed by atoms with Gasteiger partial charge in [-0.3, -0.25) is 0 Å². The molecular formula is C10H16BrN3. The van der Waals surface area contributed by atoms with Crippen LogP contribution < -0.4 is 4.90 Å². The second-order valence-electron chi connectivity index (χ2n) is 3.38. The van der Waals surface area contributed by atoms with Crippen LogP contribution in [-0.2, 0) is 6.42 Å². The molecule has 78 valence electrons. The fourth-order valence-corrected chi connectivity index (χ4v) is 1.69. The number of rotatable bonds is 4. The summed E-state index contributed by atoms with van der Waals surface area (Å²) in [6.45, 7) is 5.16. The van der Waals surface area contributed by atoms with E-state index in [1.165, 1.54) is 0 Å².